The summed E-state index contributed by atoms with van der Waals surface area (Å²) < 4.78 is 5.38. The second kappa shape index (κ2) is 7.93. The summed E-state index contributed by atoms with van der Waals surface area (Å²) in [7, 11) is 0. The van der Waals surface area contributed by atoms with Gasteiger partial charge in [0.25, 0.3) is 0 Å². The van der Waals surface area contributed by atoms with Crippen molar-refractivity contribution in [1.29, 1.82) is 0 Å². The van der Waals surface area contributed by atoms with Crippen LogP contribution in [0.15, 0.2) is 42.6 Å². The van der Waals surface area contributed by atoms with Crippen molar-refractivity contribution in [3.8, 4) is 5.75 Å². The van der Waals surface area contributed by atoms with Crippen LogP contribution in [0.4, 0.5) is 17.2 Å². The molecule has 1 aromatic heterocycles. The smallest absolute Gasteiger partial charge is 0.231 e. The van der Waals surface area contributed by atoms with E-state index in [0.717, 1.165) is 11.4 Å². The molecule has 2 N–H and O–H groups in total. The van der Waals surface area contributed by atoms with Crippen molar-refractivity contribution in [2.45, 2.75) is 20.3 Å². The monoisotopic (exact) mass is 313 g/mol. The quantitative estimate of drug-likeness (QED) is 0.768. The standard InChI is InChI=1S/C17H19N3O3/c1-3-23-15-7-4-13(5-8-15)19-16-9-6-14(11-18-16)20-17(22)10-12(2)21/h4-9,11H,3,10H2,1-2H3,(H,18,19)(H,20,22). The van der Waals surface area contributed by atoms with E-state index >= 15 is 0 Å². The van der Waals surface area contributed by atoms with Crippen LogP contribution in [0.5, 0.6) is 5.75 Å². The molecule has 1 aromatic carbocycles. The van der Waals surface area contributed by atoms with E-state index in [2.05, 4.69) is 15.6 Å². The molecule has 0 saturated carbocycles. The van der Waals surface area contributed by atoms with Crippen LogP contribution in [0.1, 0.15) is 20.3 Å². The van der Waals surface area contributed by atoms with Crippen molar-refractivity contribution in [1.82, 2.24) is 4.98 Å². The molecular formula is C17H19N3O3. The van der Waals surface area contributed by atoms with Crippen molar-refractivity contribution < 1.29 is 14.3 Å². The molecule has 6 nitrogen and oxygen atoms in total. The number of nitrogens with zero attached hydrogens (tertiary/aromatic N) is 1. The molecule has 120 valence electrons. The molecule has 0 spiro atoms. The highest BCUT2D eigenvalue weighted by Crippen LogP contribution is 2.19. The maximum absolute atomic E-state index is 11.5. The minimum Gasteiger partial charge on any atom is -0.494 e. The molecule has 2 rings (SSSR count). The van der Waals surface area contributed by atoms with Crippen LogP contribution >= 0.6 is 0 Å². The van der Waals surface area contributed by atoms with Crippen molar-refractivity contribution in [3.63, 3.8) is 0 Å². The van der Waals surface area contributed by atoms with Crippen LogP contribution in [0.2, 0.25) is 0 Å². The molecule has 0 radical (unpaired) electrons. The van der Waals surface area contributed by atoms with Gasteiger partial charge in [0.15, 0.2) is 0 Å². The molecule has 0 aliphatic rings. The van der Waals surface area contributed by atoms with E-state index in [4.69, 9.17) is 4.74 Å². The molecular weight excluding hydrogens is 294 g/mol. The molecule has 23 heavy (non-hydrogen) atoms. The summed E-state index contributed by atoms with van der Waals surface area (Å²) in [6.07, 6.45) is 1.40. The number of rotatable bonds is 7. The van der Waals surface area contributed by atoms with E-state index in [9.17, 15) is 9.59 Å². The highest BCUT2D eigenvalue weighted by molar-refractivity contribution is 6.03. The van der Waals surface area contributed by atoms with Gasteiger partial charge in [0.1, 0.15) is 17.4 Å². The maximum Gasteiger partial charge on any atom is 0.231 e. The van der Waals surface area contributed by atoms with Crippen LogP contribution in [-0.4, -0.2) is 23.3 Å². The zero-order chi connectivity index (χ0) is 16.7. The van der Waals surface area contributed by atoms with Gasteiger partial charge in [0, 0.05) is 5.69 Å². The molecule has 1 heterocycles. The summed E-state index contributed by atoms with van der Waals surface area (Å²) >= 11 is 0. The van der Waals surface area contributed by atoms with E-state index in [1.54, 1.807) is 12.1 Å². The highest BCUT2D eigenvalue weighted by atomic mass is 16.5. The van der Waals surface area contributed by atoms with Gasteiger partial charge in [-0.05, 0) is 50.2 Å². The number of carbonyl (C=O) groups is 2. The Morgan fingerprint density at radius 1 is 1.09 bits per heavy atom. The first-order chi connectivity index (χ1) is 11.1. The third-order valence-corrected chi connectivity index (χ3v) is 2.89. The normalized spacial score (nSPS) is 10.0. The van der Waals surface area contributed by atoms with Crippen molar-refractivity contribution in [3.05, 3.63) is 42.6 Å². The Morgan fingerprint density at radius 3 is 2.35 bits per heavy atom. The first-order valence-corrected chi connectivity index (χ1v) is 7.32. The van der Waals surface area contributed by atoms with Gasteiger partial charge in [-0.2, -0.15) is 0 Å². The predicted molar refractivity (Wildman–Crippen MR) is 89.1 cm³/mol. The van der Waals surface area contributed by atoms with Gasteiger partial charge in [-0.1, -0.05) is 0 Å². The lowest BCUT2D eigenvalue weighted by molar-refractivity contribution is -0.124. The molecule has 2 aromatic rings. The molecule has 6 heteroatoms. The number of hydrogen-bond acceptors (Lipinski definition) is 5. The van der Waals surface area contributed by atoms with E-state index in [1.165, 1.54) is 13.1 Å². The van der Waals surface area contributed by atoms with Crippen LogP contribution in [0.3, 0.4) is 0 Å². The largest absolute Gasteiger partial charge is 0.494 e. The van der Waals surface area contributed by atoms with E-state index in [-0.39, 0.29) is 18.1 Å². The van der Waals surface area contributed by atoms with Gasteiger partial charge in [0.05, 0.1) is 24.9 Å². The highest BCUT2D eigenvalue weighted by Gasteiger charge is 2.06. The van der Waals surface area contributed by atoms with Crippen LogP contribution in [-0.2, 0) is 9.59 Å². The van der Waals surface area contributed by atoms with Crippen LogP contribution < -0.4 is 15.4 Å². The van der Waals surface area contributed by atoms with Gasteiger partial charge >= 0.3 is 0 Å². The summed E-state index contributed by atoms with van der Waals surface area (Å²) in [6.45, 7) is 3.94. The van der Waals surface area contributed by atoms with Crippen molar-refractivity contribution in [2.75, 3.05) is 17.2 Å². The number of benzene rings is 1. The average molecular weight is 313 g/mol. The van der Waals surface area contributed by atoms with Crippen LogP contribution in [0, 0.1) is 0 Å². The number of ether oxygens (including phenoxy) is 1. The lowest BCUT2D eigenvalue weighted by atomic mass is 10.3. The third-order valence-electron chi connectivity index (χ3n) is 2.89. The second-order valence-electron chi connectivity index (χ2n) is 4.94. The Kier molecular flexibility index (Phi) is 5.68. The summed E-state index contributed by atoms with van der Waals surface area (Å²) in [5.74, 6) is 0.948. The first kappa shape index (κ1) is 16.5. The predicted octanol–water partition coefficient (Wildman–Crippen LogP) is 3.14. The summed E-state index contributed by atoms with van der Waals surface area (Å²) in [5, 5.41) is 5.77. The number of hydrogen-bond donors (Lipinski definition) is 2. The fraction of sp³-hybridized carbons (Fsp3) is 0.235. The van der Waals surface area contributed by atoms with Crippen LogP contribution in [0.25, 0.3) is 0 Å². The minimum absolute atomic E-state index is 0.133. The molecule has 0 aliphatic heterocycles. The summed E-state index contributed by atoms with van der Waals surface area (Å²) in [4.78, 5) is 26.6. The molecule has 0 aliphatic carbocycles. The number of ketones is 1. The van der Waals surface area contributed by atoms with Gasteiger partial charge in [-0.3, -0.25) is 9.59 Å². The zero-order valence-electron chi connectivity index (χ0n) is 13.1. The van der Waals surface area contributed by atoms with Crippen molar-refractivity contribution in [2.24, 2.45) is 0 Å². The van der Waals surface area contributed by atoms with Gasteiger partial charge in [-0.15, -0.1) is 0 Å². The third kappa shape index (κ3) is 5.43. The Hall–Kier alpha value is -2.89. The fourth-order valence-corrected chi connectivity index (χ4v) is 1.92. The molecule has 0 atom stereocenters. The second-order valence-corrected chi connectivity index (χ2v) is 4.94. The summed E-state index contributed by atoms with van der Waals surface area (Å²) in [5.41, 5.74) is 1.43. The van der Waals surface area contributed by atoms with Gasteiger partial charge < -0.3 is 15.4 Å². The number of anilines is 3. The molecule has 0 fully saturated rings. The summed E-state index contributed by atoms with van der Waals surface area (Å²) in [6, 6.07) is 11.0. The lowest BCUT2D eigenvalue weighted by Crippen LogP contribution is -2.14. The number of Topliss-reactive ketones (excluding diaryl/α,β-unsaturated/α-hetero) is 1. The Bertz CT molecular complexity index is 666. The number of nitrogens with one attached hydrogen (secondary N) is 2. The van der Waals surface area contributed by atoms with Crippen molar-refractivity contribution >= 4 is 28.9 Å². The Balaban J connectivity index is 1.94. The van der Waals surface area contributed by atoms with E-state index in [0.29, 0.717) is 18.1 Å². The SMILES string of the molecule is CCOc1ccc(Nc2ccc(NC(=O)CC(C)=O)cn2)cc1. The molecule has 1 amide bonds. The number of pyridine rings is 1. The lowest BCUT2D eigenvalue weighted by Gasteiger charge is -2.08. The van der Waals surface area contributed by atoms with E-state index in [1.807, 2.05) is 31.2 Å². The first-order valence-electron chi connectivity index (χ1n) is 7.32. The zero-order valence-corrected chi connectivity index (χ0v) is 13.1. The number of carbonyl (C=O) groups excluding carboxylic acids is 2. The number of amides is 1. The van der Waals surface area contributed by atoms with E-state index < -0.39 is 0 Å². The molecule has 0 unspecified atom stereocenters. The van der Waals surface area contributed by atoms with Gasteiger partial charge in [-0.25, -0.2) is 4.98 Å². The van der Waals surface area contributed by atoms with Gasteiger partial charge in [0.2, 0.25) is 5.91 Å². The minimum atomic E-state index is -0.341. The Morgan fingerprint density at radius 2 is 1.78 bits per heavy atom. The fourth-order valence-electron chi connectivity index (χ4n) is 1.92. The molecule has 0 bridgehead atoms. The molecule has 0 saturated heterocycles. The topological polar surface area (TPSA) is 80.3 Å². The Labute approximate surface area is 134 Å². The maximum atomic E-state index is 11.5. The average Bonchev–Trinajstić information content (AvgIpc) is 2.51. The number of aromatic nitrogens is 1.